The van der Waals surface area contributed by atoms with Gasteiger partial charge in [0.25, 0.3) is 0 Å². The molecule has 4 N–H and O–H groups in total. The molecule has 0 aliphatic heterocycles. The first-order chi connectivity index (χ1) is 14.4. The number of carbonyl (C=O) groups is 1. The molecule has 0 saturated heterocycles. The molecule has 1 amide bonds. The van der Waals surface area contributed by atoms with Gasteiger partial charge in [-0.3, -0.25) is 0 Å². The second kappa shape index (κ2) is 11.7. The predicted octanol–water partition coefficient (Wildman–Crippen LogP) is 4.09. The summed E-state index contributed by atoms with van der Waals surface area (Å²) in [4.78, 5) is 14.0. The van der Waals surface area contributed by atoms with E-state index in [1.54, 1.807) is 19.0 Å². The smallest absolute Gasteiger partial charge is 0.410 e. The van der Waals surface area contributed by atoms with Crippen LogP contribution in [0.15, 0.2) is 30.0 Å². The maximum Gasteiger partial charge on any atom is 0.410 e. The summed E-state index contributed by atoms with van der Waals surface area (Å²) in [5, 5.41) is 1.40. The fourth-order valence-electron chi connectivity index (χ4n) is 3.84. The summed E-state index contributed by atoms with van der Waals surface area (Å²) in [6.07, 6.45) is 7.66. The van der Waals surface area contributed by atoms with E-state index in [1.165, 1.54) is 24.3 Å². The lowest BCUT2D eigenvalue weighted by Crippen LogP contribution is -2.38. The largest absolute Gasteiger partial charge is 0.490 e. The Morgan fingerprint density at radius 3 is 2.23 bits per heavy atom. The van der Waals surface area contributed by atoms with E-state index in [2.05, 4.69) is 13.8 Å². The molecule has 1 aromatic rings. The molecular formula is C23H38N4O3. The molecule has 7 nitrogen and oxygen atoms in total. The van der Waals surface area contributed by atoms with Crippen molar-refractivity contribution < 1.29 is 14.3 Å². The van der Waals surface area contributed by atoms with Gasteiger partial charge < -0.3 is 25.1 Å². The molecule has 0 radical (unpaired) electrons. The Labute approximate surface area is 180 Å². The van der Waals surface area contributed by atoms with Crippen LogP contribution >= 0.6 is 0 Å². The summed E-state index contributed by atoms with van der Waals surface area (Å²) < 4.78 is 11.6. The molecule has 0 bridgehead atoms. The van der Waals surface area contributed by atoms with Crippen molar-refractivity contribution in [1.29, 1.82) is 0 Å². The van der Waals surface area contributed by atoms with Gasteiger partial charge in [0, 0.05) is 20.1 Å². The number of hydrazine groups is 1. The number of likely N-dealkylation sites (N-methyl/N-ethyl adjacent to an activating group) is 1. The number of hydrogen-bond donors (Lipinski definition) is 2. The average Bonchev–Trinajstić information content (AvgIpc) is 2.75. The normalized spacial score (nSPS) is 15.5. The fourth-order valence-corrected chi connectivity index (χ4v) is 3.84. The summed E-state index contributed by atoms with van der Waals surface area (Å²) in [6.45, 7) is 4.11. The first-order valence-electron chi connectivity index (χ1n) is 11.0. The molecule has 1 saturated carbocycles. The molecule has 1 fully saturated rings. The number of rotatable bonds is 9. The van der Waals surface area contributed by atoms with Crippen molar-refractivity contribution in [3.8, 4) is 5.75 Å². The van der Waals surface area contributed by atoms with Crippen molar-refractivity contribution >= 4 is 11.8 Å². The number of benzene rings is 1. The van der Waals surface area contributed by atoms with Gasteiger partial charge in [-0.2, -0.15) is 0 Å². The van der Waals surface area contributed by atoms with Gasteiger partial charge in [-0.25, -0.2) is 10.6 Å². The molecule has 0 atom stereocenters. The van der Waals surface area contributed by atoms with E-state index in [9.17, 15) is 4.79 Å². The van der Waals surface area contributed by atoms with Crippen LogP contribution in [0.4, 0.5) is 4.79 Å². The highest BCUT2D eigenvalue weighted by molar-refractivity contribution is 5.69. The van der Waals surface area contributed by atoms with Crippen LogP contribution in [0.2, 0.25) is 0 Å². The zero-order valence-corrected chi connectivity index (χ0v) is 18.9. The summed E-state index contributed by atoms with van der Waals surface area (Å²) in [6, 6.07) is 7.83. The first kappa shape index (κ1) is 23.9. The maximum absolute atomic E-state index is 12.4. The zero-order valence-electron chi connectivity index (χ0n) is 18.9. The van der Waals surface area contributed by atoms with Crippen molar-refractivity contribution in [1.82, 2.24) is 9.91 Å². The zero-order chi connectivity index (χ0) is 22.1. The Bertz CT molecular complexity index is 693. The van der Waals surface area contributed by atoms with Crippen molar-refractivity contribution in [2.75, 3.05) is 20.7 Å². The molecule has 30 heavy (non-hydrogen) atoms. The molecule has 0 aromatic heterocycles. The fraction of sp³-hybridized carbons (Fsp3) is 0.609. The second-order valence-corrected chi connectivity index (χ2v) is 8.01. The van der Waals surface area contributed by atoms with Gasteiger partial charge in [0.05, 0.1) is 17.5 Å². The van der Waals surface area contributed by atoms with E-state index < -0.39 is 0 Å². The van der Waals surface area contributed by atoms with Crippen molar-refractivity contribution in [2.24, 2.45) is 11.6 Å². The van der Waals surface area contributed by atoms with Crippen LogP contribution in [-0.2, 0) is 4.74 Å². The van der Waals surface area contributed by atoms with Gasteiger partial charge in [0.1, 0.15) is 12.4 Å². The van der Waals surface area contributed by atoms with Crippen molar-refractivity contribution in [3.05, 3.63) is 35.5 Å². The number of nitrogens with zero attached hydrogens (tertiary/aromatic N) is 2. The van der Waals surface area contributed by atoms with Gasteiger partial charge in [-0.1, -0.05) is 20.3 Å². The van der Waals surface area contributed by atoms with E-state index >= 15 is 0 Å². The van der Waals surface area contributed by atoms with Crippen LogP contribution in [0.1, 0.15) is 64.4 Å². The third-order valence-corrected chi connectivity index (χ3v) is 5.87. The van der Waals surface area contributed by atoms with Crippen molar-refractivity contribution in [2.45, 2.75) is 70.9 Å². The summed E-state index contributed by atoms with van der Waals surface area (Å²) >= 11 is 0. The van der Waals surface area contributed by atoms with Crippen LogP contribution < -0.4 is 16.3 Å². The summed E-state index contributed by atoms with van der Waals surface area (Å²) in [5.74, 6) is 6.82. The molecule has 0 heterocycles. The molecule has 7 heteroatoms. The number of amides is 1. The third-order valence-electron chi connectivity index (χ3n) is 5.87. The van der Waals surface area contributed by atoms with Gasteiger partial charge >= 0.3 is 6.09 Å². The third kappa shape index (κ3) is 6.55. The van der Waals surface area contributed by atoms with Crippen LogP contribution in [0, 0.1) is 0 Å². The van der Waals surface area contributed by atoms with Gasteiger partial charge in [0.2, 0.25) is 0 Å². The Balaban J connectivity index is 2.05. The van der Waals surface area contributed by atoms with Gasteiger partial charge in [-0.05, 0) is 68.4 Å². The van der Waals surface area contributed by atoms with Crippen LogP contribution in [0.5, 0.6) is 5.75 Å². The van der Waals surface area contributed by atoms with E-state index in [1.807, 2.05) is 24.3 Å². The van der Waals surface area contributed by atoms with E-state index in [-0.39, 0.29) is 18.7 Å². The Hall–Kier alpha value is -2.41. The monoisotopic (exact) mass is 418 g/mol. The molecule has 0 spiro atoms. The van der Waals surface area contributed by atoms with Crippen LogP contribution in [0.3, 0.4) is 0 Å². The average molecular weight is 419 g/mol. The highest BCUT2D eigenvalue weighted by Crippen LogP contribution is 2.25. The molecule has 1 aliphatic carbocycles. The number of carbonyl (C=O) groups excluding carboxylic acids is 1. The lowest BCUT2D eigenvalue weighted by Gasteiger charge is -2.27. The molecule has 0 unspecified atom stereocenters. The van der Waals surface area contributed by atoms with Crippen LogP contribution in [-0.4, -0.2) is 48.9 Å². The second-order valence-electron chi connectivity index (χ2n) is 8.01. The van der Waals surface area contributed by atoms with Gasteiger partial charge in [0.15, 0.2) is 0 Å². The first-order valence-corrected chi connectivity index (χ1v) is 11.0. The van der Waals surface area contributed by atoms with Crippen LogP contribution in [0.25, 0.3) is 5.70 Å². The molecule has 1 aliphatic rings. The predicted molar refractivity (Wildman–Crippen MR) is 120 cm³/mol. The van der Waals surface area contributed by atoms with Gasteiger partial charge in [-0.15, -0.1) is 0 Å². The van der Waals surface area contributed by atoms with E-state index in [4.69, 9.17) is 21.1 Å². The number of nitrogens with two attached hydrogens (primary N) is 2. The molecule has 168 valence electrons. The Kier molecular flexibility index (Phi) is 9.30. The number of ether oxygens (including phenoxy) is 2. The SMILES string of the molecule is CCC(CC)N(C)C(=O)OC/C(=C(/N)c1ccc(OC2CCCCC2)cc1)N(C)N. The highest BCUT2D eigenvalue weighted by atomic mass is 16.6. The Morgan fingerprint density at radius 2 is 1.70 bits per heavy atom. The van der Waals surface area contributed by atoms with E-state index in [0.717, 1.165) is 37.0 Å². The standard InChI is InChI=1S/C23H38N4O3/c1-5-18(6-2)26(3)23(28)29-16-21(27(4)25)22(24)17-12-14-20(15-13-17)30-19-10-8-7-9-11-19/h12-15,18-19H,5-11,16,24-25H2,1-4H3/b22-21-. The molecule has 1 aromatic carbocycles. The molecular weight excluding hydrogens is 380 g/mol. The minimum absolute atomic E-state index is 0.00246. The van der Waals surface area contributed by atoms with E-state index in [0.29, 0.717) is 17.5 Å². The van der Waals surface area contributed by atoms with Crippen molar-refractivity contribution in [3.63, 3.8) is 0 Å². The summed E-state index contributed by atoms with van der Waals surface area (Å²) in [7, 11) is 3.44. The molecule has 2 rings (SSSR count). The lowest BCUT2D eigenvalue weighted by molar-refractivity contribution is 0.0973. The number of hydrogen-bond acceptors (Lipinski definition) is 6. The minimum Gasteiger partial charge on any atom is -0.490 e. The maximum atomic E-state index is 12.4. The highest BCUT2D eigenvalue weighted by Gasteiger charge is 2.20. The quantitative estimate of drug-likeness (QED) is 0.463. The lowest BCUT2D eigenvalue weighted by atomic mass is 9.98. The summed E-state index contributed by atoms with van der Waals surface area (Å²) in [5.41, 5.74) is 8.19. The topological polar surface area (TPSA) is 94.0 Å². The Morgan fingerprint density at radius 1 is 1.10 bits per heavy atom. The minimum atomic E-state index is -0.382.